The van der Waals surface area contributed by atoms with Crippen molar-refractivity contribution in [2.24, 2.45) is 5.92 Å². The highest BCUT2D eigenvalue weighted by atomic mass is 33.1. The molecule has 118 valence electrons. The normalized spacial score (nSPS) is 23.3. The molecule has 1 fully saturated rings. The monoisotopic (exact) mass is 318 g/mol. The maximum absolute atomic E-state index is 11.9. The quantitative estimate of drug-likeness (QED) is 0.337. The Morgan fingerprint density at radius 3 is 2.60 bits per heavy atom. The molecule has 0 aromatic carbocycles. The fourth-order valence-corrected chi connectivity index (χ4v) is 6.10. The third kappa shape index (κ3) is 7.26. The van der Waals surface area contributed by atoms with Crippen LogP contribution in [0.1, 0.15) is 73.1 Å². The molecule has 2 nitrogen and oxygen atoms in total. The van der Waals surface area contributed by atoms with Crippen LogP contribution in [0.15, 0.2) is 0 Å². The van der Waals surface area contributed by atoms with Crippen molar-refractivity contribution in [3.8, 4) is 0 Å². The summed E-state index contributed by atoms with van der Waals surface area (Å²) in [6.45, 7) is 10.7. The van der Waals surface area contributed by atoms with Crippen LogP contribution in [0.2, 0.25) is 0 Å². The van der Waals surface area contributed by atoms with E-state index in [1.165, 1.54) is 18.6 Å². The molecular formula is C16H30O2S2. The maximum Gasteiger partial charge on any atom is 0.306 e. The lowest BCUT2D eigenvalue weighted by molar-refractivity contribution is -0.157. The van der Waals surface area contributed by atoms with Crippen molar-refractivity contribution < 1.29 is 9.53 Å². The van der Waals surface area contributed by atoms with Crippen molar-refractivity contribution in [2.75, 3.05) is 5.75 Å². The SMILES string of the molecule is CC(C)CC(C)(C)OC(=O)CCCC[C@]1(C)CCSS1. The number of carbonyl (C=O) groups is 1. The van der Waals surface area contributed by atoms with Crippen molar-refractivity contribution in [3.63, 3.8) is 0 Å². The molecule has 4 heteroatoms. The van der Waals surface area contributed by atoms with Gasteiger partial charge in [-0.15, -0.1) is 0 Å². The summed E-state index contributed by atoms with van der Waals surface area (Å²) < 4.78 is 6.03. The zero-order valence-electron chi connectivity index (χ0n) is 13.7. The van der Waals surface area contributed by atoms with E-state index in [9.17, 15) is 4.79 Å². The minimum atomic E-state index is -0.324. The molecule has 1 saturated heterocycles. The summed E-state index contributed by atoms with van der Waals surface area (Å²) in [6.07, 6.45) is 6.09. The Labute approximate surface area is 132 Å². The van der Waals surface area contributed by atoms with E-state index in [0.29, 0.717) is 17.1 Å². The highest BCUT2D eigenvalue weighted by molar-refractivity contribution is 8.77. The lowest BCUT2D eigenvalue weighted by atomic mass is 9.96. The van der Waals surface area contributed by atoms with Crippen LogP contribution in [0.25, 0.3) is 0 Å². The zero-order chi connectivity index (χ0) is 15.2. The number of hydrogen-bond donors (Lipinski definition) is 0. The molecule has 1 aliphatic heterocycles. The van der Waals surface area contributed by atoms with Gasteiger partial charge in [0.2, 0.25) is 0 Å². The Morgan fingerprint density at radius 2 is 2.05 bits per heavy atom. The van der Waals surface area contributed by atoms with E-state index in [0.717, 1.165) is 19.3 Å². The molecule has 1 atom stereocenters. The molecule has 0 saturated carbocycles. The molecular weight excluding hydrogens is 288 g/mol. The second-order valence-electron chi connectivity index (χ2n) is 7.14. The van der Waals surface area contributed by atoms with E-state index in [2.05, 4.69) is 20.8 Å². The van der Waals surface area contributed by atoms with Gasteiger partial charge in [0.05, 0.1) is 0 Å². The van der Waals surface area contributed by atoms with Crippen molar-refractivity contribution >= 4 is 27.6 Å². The van der Waals surface area contributed by atoms with E-state index in [1.807, 2.05) is 35.4 Å². The van der Waals surface area contributed by atoms with Crippen molar-refractivity contribution in [1.29, 1.82) is 0 Å². The van der Waals surface area contributed by atoms with Crippen molar-refractivity contribution in [3.05, 3.63) is 0 Å². The first kappa shape index (κ1) is 18.2. The van der Waals surface area contributed by atoms with Gasteiger partial charge in [-0.1, -0.05) is 41.9 Å². The first-order valence-corrected chi connectivity index (χ1v) is 10.1. The second kappa shape index (κ2) is 7.98. The Bertz CT molecular complexity index is 308. The topological polar surface area (TPSA) is 26.3 Å². The van der Waals surface area contributed by atoms with Crippen molar-refractivity contribution in [1.82, 2.24) is 0 Å². The first-order valence-electron chi connectivity index (χ1n) is 7.75. The Hall–Kier alpha value is 0.170. The predicted molar refractivity (Wildman–Crippen MR) is 91.2 cm³/mol. The number of carbonyl (C=O) groups excluding carboxylic acids is 1. The van der Waals surface area contributed by atoms with Crippen LogP contribution >= 0.6 is 21.6 Å². The highest BCUT2D eigenvalue weighted by Crippen LogP contribution is 2.49. The van der Waals surface area contributed by atoms with Gasteiger partial charge in [-0.05, 0) is 52.4 Å². The summed E-state index contributed by atoms with van der Waals surface area (Å²) in [5, 5.41) is 0. The highest BCUT2D eigenvalue weighted by Gasteiger charge is 2.30. The largest absolute Gasteiger partial charge is 0.460 e. The lowest BCUT2D eigenvalue weighted by Gasteiger charge is -2.27. The van der Waals surface area contributed by atoms with E-state index in [-0.39, 0.29) is 11.6 Å². The summed E-state index contributed by atoms with van der Waals surface area (Å²) in [7, 11) is 4.00. The van der Waals surface area contributed by atoms with Crippen LogP contribution in [0, 0.1) is 5.92 Å². The molecule has 0 aliphatic carbocycles. The van der Waals surface area contributed by atoms with Gasteiger partial charge in [0, 0.05) is 16.9 Å². The number of rotatable bonds is 8. The van der Waals surface area contributed by atoms with Crippen LogP contribution in [-0.2, 0) is 9.53 Å². The summed E-state index contributed by atoms with van der Waals surface area (Å²) in [5.74, 6) is 1.79. The van der Waals surface area contributed by atoms with Gasteiger partial charge in [-0.25, -0.2) is 0 Å². The third-order valence-electron chi connectivity index (χ3n) is 3.60. The summed E-state index contributed by atoms with van der Waals surface area (Å²) in [4.78, 5) is 11.9. The van der Waals surface area contributed by atoms with E-state index >= 15 is 0 Å². The molecule has 0 spiro atoms. The third-order valence-corrected chi connectivity index (χ3v) is 6.96. The fraction of sp³-hybridized carbons (Fsp3) is 0.938. The number of unbranched alkanes of at least 4 members (excludes halogenated alkanes) is 1. The van der Waals surface area contributed by atoms with E-state index < -0.39 is 0 Å². The molecule has 0 N–H and O–H groups in total. The van der Waals surface area contributed by atoms with Crippen LogP contribution in [0.5, 0.6) is 0 Å². The Balaban J connectivity index is 2.16. The average Bonchev–Trinajstić information content (AvgIpc) is 2.69. The summed E-state index contributed by atoms with van der Waals surface area (Å²) in [5.41, 5.74) is -0.324. The minimum Gasteiger partial charge on any atom is -0.460 e. The lowest BCUT2D eigenvalue weighted by Crippen LogP contribution is -2.29. The van der Waals surface area contributed by atoms with Crippen LogP contribution in [-0.4, -0.2) is 22.1 Å². The first-order chi connectivity index (χ1) is 9.22. The van der Waals surface area contributed by atoms with Crippen molar-refractivity contribution in [2.45, 2.75) is 83.5 Å². The van der Waals surface area contributed by atoms with Crippen LogP contribution in [0.3, 0.4) is 0 Å². The van der Waals surface area contributed by atoms with E-state index in [4.69, 9.17) is 4.74 Å². The number of ether oxygens (including phenoxy) is 1. The Kier molecular flexibility index (Phi) is 7.27. The Morgan fingerprint density at radius 1 is 1.35 bits per heavy atom. The molecule has 1 heterocycles. The van der Waals surface area contributed by atoms with Gasteiger partial charge >= 0.3 is 5.97 Å². The van der Waals surface area contributed by atoms with Crippen LogP contribution < -0.4 is 0 Å². The fourth-order valence-electron chi connectivity index (χ4n) is 2.80. The average molecular weight is 319 g/mol. The molecule has 1 aliphatic rings. The van der Waals surface area contributed by atoms with Gasteiger partial charge in [-0.2, -0.15) is 0 Å². The molecule has 0 bridgehead atoms. The second-order valence-corrected chi connectivity index (χ2v) is 10.1. The molecule has 0 radical (unpaired) electrons. The van der Waals surface area contributed by atoms with Gasteiger partial charge < -0.3 is 4.74 Å². The van der Waals surface area contributed by atoms with Gasteiger partial charge in [0.25, 0.3) is 0 Å². The van der Waals surface area contributed by atoms with Crippen LogP contribution in [0.4, 0.5) is 0 Å². The molecule has 0 aromatic heterocycles. The number of hydrogen-bond acceptors (Lipinski definition) is 4. The van der Waals surface area contributed by atoms with Gasteiger partial charge in [0.1, 0.15) is 5.60 Å². The number of esters is 1. The molecule has 0 unspecified atom stereocenters. The van der Waals surface area contributed by atoms with Gasteiger partial charge in [0.15, 0.2) is 0 Å². The molecule has 20 heavy (non-hydrogen) atoms. The summed E-state index contributed by atoms with van der Waals surface area (Å²) >= 11 is 0. The predicted octanol–water partition coefficient (Wildman–Crippen LogP) is 5.46. The molecule has 0 amide bonds. The molecule has 1 rings (SSSR count). The standard InChI is InChI=1S/C16H30O2S2/c1-13(2)12-15(3,4)18-14(17)8-6-7-9-16(5)10-11-19-20-16/h13H,6-12H2,1-5H3/t16-/m1/s1. The smallest absolute Gasteiger partial charge is 0.306 e. The maximum atomic E-state index is 11.9. The van der Waals surface area contributed by atoms with E-state index in [1.54, 1.807) is 0 Å². The minimum absolute atomic E-state index is 0.0331. The summed E-state index contributed by atoms with van der Waals surface area (Å²) in [6, 6.07) is 0. The molecule has 0 aromatic rings. The zero-order valence-corrected chi connectivity index (χ0v) is 15.3. The van der Waals surface area contributed by atoms with Gasteiger partial charge in [-0.3, -0.25) is 4.79 Å².